The van der Waals surface area contributed by atoms with E-state index < -0.39 is 0 Å². The molecule has 1 amide bonds. The van der Waals surface area contributed by atoms with E-state index in [4.69, 9.17) is 10.5 Å². The number of benzene rings is 1. The highest BCUT2D eigenvalue weighted by atomic mass is 35.5. The number of halogens is 2. The van der Waals surface area contributed by atoms with Gasteiger partial charge in [-0.15, -0.1) is 12.4 Å². The Morgan fingerprint density at radius 1 is 1.26 bits per heavy atom. The third-order valence-corrected chi connectivity index (χ3v) is 7.29. The van der Waals surface area contributed by atoms with Gasteiger partial charge in [0, 0.05) is 55.3 Å². The molecule has 2 aromatic heterocycles. The Morgan fingerprint density at radius 2 is 2.03 bits per heavy atom. The standard InChI is InChI=1S/C25H32N5O3.2ClH/c1-17-28(12-13-30(17)16-33-25(32)29-11-5-6-19(26)15-29)14-18-9-10-22-23(24(18)31)20-7-3-4-8-21(20)27(22)2;;/h3-4,7-8,12-13,18-19H,5-6,9-11,14-16,26H2,1-2H3;2*1H/q+1;;/p-1/t18?,19-;;/m1../s1. The Balaban J connectivity index is 0.00000171. The van der Waals surface area contributed by atoms with Gasteiger partial charge in [-0.25, -0.2) is 9.36 Å². The summed E-state index contributed by atoms with van der Waals surface area (Å²) >= 11 is 0. The van der Waals surface area contributed by atoms with Crippen LogP contribution in [-0.2, 0) is 31.5 Å². The van der Waals surface area contributed by atoms with Crippen LogP contribution in [0.15, 0.2) is 36.7 Å². The third kappa shape index (κ3) is 5.06. The Bertz CT molecular complexity index is 1220. The van der Waals surface area contributed by atoms with Crippen molar-refractivity contribution in [3.05, 3.63) is 53.7 Å². The predicted octanol–water partition coefficient (Wildman–Crippen LogP) is -0.0360. The second-order valence-corrected chi connectivity index (χ2v) is 9.35. The number of rotatable bonds is 4. The van der Waals surface area contributed by atoms with Gasteiger partial charge in [0.15, 0.2) is 5.78 Å². The Morgan fingerprint density at radius 3 is 2.80 bits per heavy atom. The molecule has 35 heavy (non-hydrogen) atoms. The van der Waals surface area contributed by atoms with E-state index in [1.807, 2.05) is 49.1 Å². The maximum Gasteiger partial charge on any atom is 0.413 e. The molecule has 3 heterocycles. The number of aromatic nitrogens is 3. The topological polar surface area (TPSA) is 86.4 Å². The van der Waals surface area contributed by atoms with Crippen molar-refractivity contribution in [3.63, 3.8) is 0 Å². The first-order chi connectivity index (χ1) is 15.9. The van der Waals surface area contributed by atoms with Crippen molar-refractivity contribution in [1.82, 2.24) is 14.0 Å². The highest BCUT2D eigenvalue weighted by Gasteiger charge is 2.34. The van der Waals surface area contributed by atoms with Crippen molar-refractivity contribution >= 4 is 35.2 Å². The summed E-state index contributed by atoms with van der Waals surface area (Å²) in [6.07, 6.45) is 7.13. The van der Waals surface area contributed by atoms with Crippen molar-refractivity contribution in [3.8, 4) is 0 Å². The number of amides is 1. The van der Waals surface area contributed by atoms with Gasteiger partial charge in [-0.2, -0.15) is 4.57 Å². The fourth-order valence-electron chi connectivity index (χ4n) is 5.33. The van der Waals surface area contributed by atoms with Gasteiger partial charge in [-0.05, 0) is 31.7 Å². The molecule has 10 heteroatoms. The van der Waals surface area contributed by atoms with E-state index in [0.29, 0.717) is 19.6 Å². The second kappa shape index (κ2) is 11.0. The highest BCUT2D eigenvalue weighted by Crippen LogP contribution is 2.34. The van der Waals surface area contributed by atoms with Gasteiger partial charge in [0.25, 0.3) is 5.82 Å². The normalized spacial score (nSPS) is 19.6. The van der Waals surface area contributed by atoms with Gasteiger partial charge in [0.05, 0.1) is 5.92 Å². The number of hydrogen-bond acceptors (Lipinski definition) is 4. The van der Waals surface area contributed by atoms with Crippen LogP contribution in [0.3, 0.4) is 0 Å². The first-order valence-electron chi connectivity index (χ1n) is 11.8. The number of nitrogens with zero attached hydrogens (tertiary/aromatic N) is 4. The quantitative estimate of drug-likeness (QED) is 0.488. The average Bonchev–Trinajstić information content (AvgIpc) is 3.31. The summed E-state index contributed by atoms with van der Waals surface area (Å²) in [4.78, 5) is 27.6. The summed E-state index contributed by atoms with van der Waals surface area (Å²) < 4.78 is 11.7. The number of ketones is 1. The van der Waals surface area contributed by atoms with Gasteiger partial charge in [0.2, 0.25) is 6.73 Å². The van der Waals surface area contributed by atoms with Crippen LogP contribution in [0.4, 0.5) is 4.79 Å². The lowest BCUT2D eigenvalue weighted by atomic mass is 9.85. The van der Waals surface area contributed by atoms with E-state index >= 15 is 0 Å². The lowest BCUT2D eigenvalue weighted by Gasteiger charge is -2.29. The summed E-state index contributed by atoms with van der Waals surface area (Å²) in [5.41, 5.74) is 9.11. The van der Waals surface area contributed by atoms with E-state index in [9.17, 15) is 9.59 Å². The molecule has 0 saturated carbocycles. The number of hydrogen-bond donors (Lipinski definition) is 1. The number of carbonyl (C=O) groups is 2. The fraction of sp³-hybridized carbons (Fsp3) is 0.480. The molecule has 190 valence electrons. The maximum atomic E-state index is 13.5. The lowest BCUT2D eigenvalue weighted by Crippen LogP contribution is -3.00. The van der Waals surface area contributed by atoms with Crippen LogP contribution < -0.4 is 22.7 Å². The average molecular weight is 522 g/mol. The van der Waals surface area contributed by atoms with Gasteiger partial charge < -0.3 is 32.3 Å². The van der Waals surface area contributed by atoms with Crippen molar-refractivity contribution < 1.29 is 31.3 Å². The molecule has 0 spiro atoms. The molecule has 2 aliphatic rings. The van der Waals surface area contributed by atoms with Crippen LogP contribution >= 0.6 is 12.4 Å². The molecule has 1 aromatic carbocycles. The Hall–Kier alpha value is -2.55. The minimum Gasteiger partial charge on any atom is -1.00 e. The molecule has 8 nitrogen and oxygen atoms in total. The van der Waals surface area contributed by atoms with E-state index in [1.165, 1.54) is 0 Å². The van der Waals surface area contributed by atoms with Gasteiger partial charge in [-0.1, -0.05) is 18.2 Å². The zero-order chi connectivity index (χ0) is 23.1. The number of imidazole rings is 1. The molecule has 1 aliphatic heterocycles. The molecule has 1 saturated heterocycles. The first-order valence-corrected chi connectivity index (χ1v) is 11.8. The first kappa shape index (κ1) is 27.0. The lowest BCUT2D eigenvalue weighted by molar-refractivity contribution is -0.732. The number of ether oxygens (including phenoxy) is 1. The van der Waals surface area contributed by atoms with Crippen molar-refractivity contribution in [1.29, 1.82) is 0 Å². The molecular weight excluding hydrogens is 489 g/mol. The summed E-state index contributed by atoms with van der Waals surface area (Å²) in [7, 11) is 2.05. The van der Waals surface area contributed by atoms with Gasteiger partial charge in [-0.3, -0.25) is 4.79 Å². The number of fused-ring (bicyclic) bond motifs is 3. The summed E-state index contributed by atoms with van der Waals surface area (Å²) in [6, 6.07) is 8.17. The zero-order valence-electron chi connectivity index (χ0n) is 20.2. The molecular formula is C25H33Cl2N5O3. The summed E-state index contributed by atoms with van der Waals surface area (Å²) in [6.45, 7) is 3.99. The van der Waals surface area contributed by atoms with Crippen molar-refractivity contribution in [2.24, 2.45) is 18.7 Å². The van der Waals surface area contributed by atoms with E-state index in [-0.39, 0.29) is 55.4 Å². The third-order valence-electron chi connectivity index (χ3n) is 7.29. The van der Waals surface area contributed by atoms with Crippen LogP contribution in [0, 0.1) is 12.8 Å². The van der Waals surface area contributed by atoms with Crippen LogP contribution in [0.25, 0.3) is 10.9 Å². The number of Topliss-reactive ketones (excluding diaryl/α,β-unsaturated/α-hetero) is 1. The second-order valence-electron chi connectivity index (χ2n) is 9.35. The number of piperidine rings is 1. The number of carbonyl (C=O) groups excluding carboxylic acids is 2. The summed E-state index contributed by atoms with van der Waals surface area (Å²) in [5, 5.41) is 1.05. The largest absolute Gasteiger partial charge is 1.00 e. The molecule has 2 N–H and O–H groups in total. The molecule has 3 aromatic rings. The van der Waals surface area contributed by atoms with Crippen LogP contribution in [-0.4, -0.2) is 45.0 Å². The molecule has 0 bridgehead atoms. The molecule has 2 atom stereocenters. The fourth-order valence-corrected chi connectivity index (χ4v) is 5.33. The molecule has 5 rings (SSSR count). The highest BCUT2D eigenvalue weighted by molar-refractivity contribution is 6.11. The van der Waals surface area contributed by atoms with Crippen LogP contribution in [0.2, 0.25) is 0 Å². The smallest absolute Gasteiger partial charge is 0.413 e. The van der Waals surface area contributed by atoms with Crippen LogP contribution in [0.1, 0.15) is 41.1 Å². The van der Waals surface area contributed by atoms with Crippen molar-refractivity contribution in [2.45, 2.75) is 51.9 Å². The van der Waals surface area contributed by atoms with Gasteiger partial charge in [0.1, 0.15) is 18.9 Å². The van der Waals surface area contributed by atoms with E-state index in [2.05, 4.69) is 15.2 Å². The number of para-hydroxylation sites is 1. The summed E-state index contributed by atoms with van der Waals surface area (Å²) in [5.74, 6) is 1.11. The van der Waals surface area contributed by atoms with Crippen LogP contribution in [0.5, 0.6) is 0 Å². The van der Waals surface area contributed by atoms with E-state index in [1.54, 1.807) is 4.90 Å². The SMILES string of the molecule is Cc1n(CC2CCc3c(c4ccccc4n3C)C2=O)cc[n+]1COC(=O)N1CCC[C@@H](N)C1.Cl.[Cl-]. The zero-order valence-corrected chi connectivity index (χ0v) is 21.7. The van der Waals surface area contributed by atoms with Gasteiger partial charge >= 0.3 is 6.09 Å². The Kier molecular flexibility index (Phi) is 8.51. The molecule has 1 unspecified atom stereocenters. The van der Waals surface area contributed by atoms with Crippen molar-refractivity contribution in [2.75, 3.05) is 13.1 Å². The number of aryl methyl sites for hydroxylation is 1. The minimum absolute atomic E-state index is 0. The number of nitrogens with two attached hydrogens (primary N) is 1. The monoisotopic (exact) mass is 521 g/mol. The minimum atomic E-state index is -0.323. The molecule has 1 aliphatic carbocycles. The maximum absolute atomic E-state index is 13.5. The molecule has 1 fully saturated rings. The molecule has 0 radical (unpaired) electrons. The van der Waals surface area contributed by atoms with E-state index in [0.717, 1.165) is 53.7 Å². The Labute approximate surface area is 217 Å². The number of likely N-dealkylation sites (tertiary alicyclic amines) is 1. The predicted molar refractivity (Wildman–Crippen MR) is 131 cm³/mol.